The monoisotopic (exact) mass is 501 g/mol. The smallest absolute Gasteiger partial charge is 0.243 e. The second-order valence-corrected chi connectivity index (χ2v) is 8.50. The Kier molecular flexibility index (Phi) is 9.13. The summed E-state index contributed by atoms with van der Waals surface area (Å²) in [6.45, 7) is 1.29. The first kappa shape index (κ1) is 23.8. The molecule has 1 aromatic heterocycles. The fraction of sp³-hybridized carbons (Fsp3) is 0.333. The highest BCUT2D eigenvalue weighted by Crippen LogP contribution is 2.21. The molecule has 0 saturated heterocycles. The van der Waals surface area contributed by atoms with Crippen LogP contribution in [0, 0.1) is 0 Å². The number of halogens is 1. The number of aromatic nitrogens is 1. The van der Waals surface area contributed by atoms with E-state index in [4.69, 9.17) is 9.94 Å². The molecule has 3 rings (SSSR count). The molecule has 8 heteroatoms. The van der Waals surface area contributed by atoms with E-state index in [1.165, 1.54) is 10.9 Å². The Labute approximate surface area is 195 Å². The molecule has 0 fully saturated rings. The van der Waals surface area contributed by atoms with Gasteiger partial charge in [0.2, 0.25) is 11.8 Å². The number of nitrogens with one attached hydrogen (secondary N) is 2. The van der Waals surface area contributed by atoms with Crippen LogP contribution in [0.2, 0.25) is 0 Å². The van der Waals surface area contributed by atoms with Crippen molar-refractivity contribution >= 4 is 44.3 Å². The second-order valence-electron chi connectivity index (χ2n) is 7.58. The lowest BCUT2D eigenvalue weighted by molar-refractivity contribution is -0.129. The molecule has 0 aliphatic rings. The number of carbonyl (C=O) groups excluding carboxylic acids is 2. The highest BCUT2D eigenvalue weighted by molar-refractivity contribution is 9.10. The number of ether oxygens (including phenoxy) is 1. The van der Waals surface area contributed by atoms with Crippen LogP contribution in [0.1, 0.15) is 38.5 Å². The Bertz CT molecular complexity index is 1030. The fourth-order valence-electron chi connectivity index (χ4n) is 3.47. The first-order valence-corrected chi connectivity index (χ1v) is 11.5. The summed E-state index contributed by atoms with van der Waals surface area (Å²) >= 11 is 3.49. The first-order chi connectivity index (χ1) is 15.5. The van der Waals surface area contributed by atoms with Crippen LogP contribution in [0.5, 0.6) is 5.75 Å². The predicted molar refractivity (Wildman–Crippen MR) is 128 cm³/mol. The third-order valence-corrected chi connectivity index (χ3v) is 5.65. The van der Waals surface area contributed by atoms with Crippen LogP contribution in [-0.2, 0) is 16.1 Å². The van der Waals surface area contributed by atoms with E-state index in [2.05, 4.69) is 50.2 Å². The number of hydrogen-bond acceptors (Lipinski definition) is 4. The number of hydrogen-bond donors (Lipinski definition) is 3. The largest absolute Gasteiger partial charge is 0.492 e. The maximum atomic E-state index is 12.1. The van der Waals surface area contributed by atoms with Crippen molar-refractivity contribution in [3.8, 4) is 5.75 Å². The summed E-state index contributed by atoms with van der Waals surface area (Å²) in [5, 5.41) is 12.5. The number of rotatable bonds is 12. The van der Waals surface area contributed by atoms with Gasteiger partial charge in [0.05, 0.1) is 6.54 Å². The summed E-state index contributed by atoms with van der Waals surface area (Å²) in [5.74, 6) is 0.355. The standard InChI is InChI=1S/C24H28BrN3O4/c25-19-7-12-22-18(17-19)13-14-28(22)15-16-32-21-10-8-20(9-11-21)26-23(29)5-3-1-2-4-6-24(30)27-31/h7-14,17,31H,1-6,15-16H2,(H,26,29)(H,27,30). The lowest BCUT2D eigenvalue weighted by atomic mass is 10.1. The maximum absolute atomic E-state index is 12.1. The van der Waals surface area contributed by atoms with Crippen LogP contribution >= 0.6 is 15.9 Å². The molecule has 0 radical (unpaired) electrons. The lowest BCUT2D eigenvalue weighted by Crippen LogP contribution is -2.17. The van der Waals surface area contributed by atoms with E-state index in [9.17, 15) is 9.59 Å². The average molecular weight is 502 g/mol. The minimum absolute atomic E-state index is 0.0297. The maximum Gasteiger partial charge on any atom is 0.243 e. The van der Waals surface area contributed by atoms with Crippen molar-refractivity contribution in [1.29, 1.82) is 0 Å². The van der Waals surface area contributed by atoms with Gasteiger partial charge in [-0.1, -0.05) is 28.8 Å². The summed E-state index contributed by atoms with van der Waals surface area (Å²) in [5.41, 5.74) is 3.53. The number of anilines is 1. The summed E-state index contributed by atoms with van der Waals surface area (Å²) in [6, 6.07) is 15.7. The molecular formula is C24H28BrN3O4. The van der Waals surface area contributed by atoms with Gasteiger partial charge in [-0.2, -0.15) is 0 Å². The van der Waals surface area contributed by atoms with Gasteiger partial charge in [0.25, 0.3) is 0 Å². The molecule has 0 aliphatic carbocycles. The molecule has 7 nitrogen and oxygen atoms in total. The Balaban J connectivity index is 1.34. The van der Waals surface area contributed by atoms with Gasteiger partial charge in [0, 0.05) is 40.1 Å². The molecule has 32 heavy (non-hydrogen) atoms. The molecule has 0 spiro atoms. The number of fused-ring (bicyclic) bond motifs is 1. The van der Waals surface area contributed by atoms with E-state index >= 15 is 0 Å². The molecule has 1 heterocycles. The van der Waals surface area contributed by atoms with E-state index in [0.29, 0.717) is 25.9 Å². The number of unbranched alkanes of at least 4 members (excludes halogenated alkanes) is 3. The highest BCUT2D eigenvalue weighted by atomic mass is 79.9. The van der Waals surface area contributed by atoms with Crippen molar-refractivity contribution in [3.05, 3.63) is 59.2 Å². The second kappa shape index (κ2) is 12.3. The third-order valence-electron chi connectivity index (χ3n) is 5.15. The van der Waals surface area contributed by atoms with Crippen molar-refractivity contribution in [2.45, 2.75) is 45.1 Å². The highest BCUT2D eigenvalue weighted by Gasteiger charge is 2.05. The van der Waals surface area contributed by atoms with E-state index in [-0.39, 0.29) is 11.8 Å². The van der Waals surface area contributed by atoms with E-state index in [1.54, 1.807) is 5.48 Å². The molecule has 170 valence electrons. The zero-order valence-electron chi connectivity index (χ0n) is 17.9. The molecule has 0 unspecified atom stereocenters. The van der Waals surface area contributed by atoms with Crippen LogP contribution in [0.4, 0.5) is 5.69 Å². The molecule has 0 saturated carbocycles. The van der Waals surface area contributed by atoms with Gasteiger partial charge in [-0.15, -0.1) is 0 Å². The molecule has 2 aromatic carbocycles. The summed E-state index contributed by atoms with van der Waals surface area (Å²) in [7, 11) is 0. The number of carbonyl (C=O) groups is 2. The third kappa shape index (κ3) is 7.39. The Hall–Kier alpha value is -2.84. The topological polar surface area (TPSA) is 92.6 Å². The summed E-state index contributed by atoms with van der Waals surface area (Å²) in [4.78, 5) is 23.0. The van der Waals surface area contributed by atoms with Gasteiger partial charge in [-0.25, -0.2) is 5.48 Å². The SMILES string of the molecule is O=C(CCCCCCC(=O)Nc1ccc(OCCn2ccc3cc(Br)ccc32)cc1)NO. The number of benzene rings is 2. The van der Waals surface area contributed by atoms with Crippen LogP contribution in [0.15, 0.2) is 59.2 Å². The minimum Gasteiger partial charge on any atom is -0.492 e. The lowest BCUT2D eigenvalue weighted by Gasteiger charge is -2.10. The number of amides is 2. The molecule has 3 N–H and O–H groups in total. The number of nitrogens with zero attached hydrogens (tertiary/aromatic N) is 1. The zero-order valence-corrected chi connectivity index (χ0v) is 19.4. The van der Waals surface area contributed by atoms with Crippen molar-refractivity contribution in [2.75, 3.05) is 11.9 Å². The molecule has 3 aromatic rings. The minimum atomic E-state index is -0.373. The van der Waals surface area contributed by atoms with Crippen molar-refractivity contribution in [3.63, 3.8) is 0 Å². The van der Waals surface area contributed by atoms with Crippen molar-refractivity contribution in [1.82, 2.24) is 10.0 Å². The van der Waals surface area contributed by atoms with E-state index < -0.39 is 0 Å². The van der Waals surface area contributed by atoms with E-state index in [1.807, 2.05) is 30.3 Å². The Morgan fingerprint density at radius 1 is 0.938 bits per heavy atom. The van der Waals surface area contributed by atoms with Crippen molar-refractivity contribution < 1.29 is 19.5 Å². The fourth-order valence-corrected chi connectivity index (χ4v) is 3.85. The van der Waals surface area contributed by atoms with Gasteiger partial charge in [-0.3, -0.25) is 14.8 Å². The molecule has 0 atom stereocenters. The van der Waals surface area contributed by atoms with Gasteiger partial charge < -0.3 is 14.6 Å². The van der Waals surface area contributed by atoms with Crippen LogP contribution in [-0.4, -0.2) is 28.2 Å². The summed E-state index contributed by atoms with van der Waals surface area (Å²) in [6.07, 6.45) is 5.98. The van der Waals surface area contributed by atoms with Crippen LogP contribution in [0.3, 0.4) is 0 Å². The Morgan fingerprint density at radius 2 is 1.66 bits per heavy atom. The normalized spacial score (nSPS) is 10.8. The number of hydroxylamine groups is 1. The van der Waals surface area contributed by atoms with E-state index in [0.717, 1.165) is 41.7 Å². The average Bonchev–Trinajstić information content (AvgIpc) is 3.19. The van der Waals surface area contributed by atoms with Gasteiger partial charge in [-0.05, 0) is 61.4 Å². The van der Waals surface area contributed by atoms with Gasteiger partial charge >= 0.3 is 0 Å². The zero-order chi connectivity index (χ0) is 22.8. The van der Waals surface area contributed by atoms with Crippen LogP contribution < -0.4 is 15.5 Å². The first-order valence-electron chi connectivity index (χ1n) is 10.8. The molecule has 0 bridgehead atoms. The quantitative estimate of drug-likeness (QED) is 0.179. The van der Waals surface area contributed by atoms with Gasteiger partial charge in [0.1, 0.15) is 12.4 Å². The van der Waals surface area contributed by atoms with Gasteiger partial charge in [0.15, 0.2) is 0 Å². The predicted octanol–water partition coefficient (Wildman–Crippen LogP) is 5.27. The molecule has 0 aliphatic heterocycles. The Morgan fingerprint density at radius 3 is 2.38 bits per heavy atom. The summed E-state index contributed by atoms with van der Waals surface area (Å²) < 4.78 is 9.08. The molecular weight excluding hydrogens is 474 g/mol. The molecule has 2 amide bonds. The van der Waals surface area contributed by atoms with Crippen LogP contribution in [0.25, 0.3) is 10.9 Å². The van der Waals surface area contributed by atoms with Crippen molar-refractivity contribution in [2.24, 2.45) is 0 Å².